The second-order valence-corrected chi connectivity index (χ2v) is 11.9. The van der Waals surface area contributed by atoms with Crippen LogP contribution in [0.5, 0.6) is 0 Å². The maximum atomic E-state index is 12.9. The molecule has 6 nitrogen and oxygen atoms in total. The molecule has 6 rings (SSSR count). The third-order valence-corrected chi connectivity index (χ3v) is 9.43. The second kappa shape index (κ2) is 9.37. The highest BCUT2D eigenvalue weighted by Crippen LogP contribution is 2.71. The molecule has 5 aliphatic rings. The van der Waals surface area contributed by atoms with Crippen LogP contribution in [-0.2, 0) is 16.1 Å². The summed E-state index contributed by atoms with van der Waals surface area (Å²) in [7, 11) is 0. The third kappa shape index (κ3) is 4.37. The van der Waals surface area contributed by atoms with Crippen molar-refractivity contribution in [2.75, 3.05) is 5.75 Å². The van der Waals surface area contributed by atoms with Gasteiger partial charge in [0.15, 0.2) is 0 Å². The Morgan fingerprint density at radius 2 is 1.79 bits per heavy atom. The molecule has 2 bridgehead atoms. The number of piperidine rings is 1. The number of hydrogen-bond donors (Lipinski definition) is 1. The summed E-state index contributed by atoms with van der Waals surface area (Å²) in [5.74, 6) is 0.314. The number of hydrogen-bond acceptors (Lipinski definition) is 4. The van der Waals surface area contributed by atoms with Crippen LogP contribution in [0.15, 0.2) is 23.1 Å². The first kappa shape index (κ1) is 23.4. The maximum absolute atomic E-state index is 12.9. The van der Waals surface area contributed by atoms with Crippen molar-refractivity contribution in [2.24, 2.45) is 5.41 Å². The second-order valence-electron chi connectivity index (χ2n) is 10.8. The van der Waals surface area contributed by atoms with Crippen LogP contribution in [0.25, 0.3) is 4.85 Å². The molecule has 0 radical (unpaired) electrons. The standard InChI is InChI=1S/C27H33N3O3S/c1-28-27-16-26(17-27,18-27)13-6-4-2-3-5-7-14-34-22-10-8-9-19-20(22)15-30(25(19)33)21-11-12-23(31)29-24(21)32/h8-10,21H,2-7,11-18H2,(H,29,31,32). The highest BCUT2D eigenvalue weighted by atomic mass is 32.2. The Labute approximate surface area is 206 Å². The smallest absolute Gasteiger partial charge is 0.255 e. The van der Waals surface area contributed by atoms with Crippen molar-refractivity contribution in [3.63, 3.8) is 0 Å². The predicted octanol–water partition coefficient (Wildman–Crippen LogP) is 5.11. The molecule has 3 saturated carbocycles. The molecule has 2 heterocycles. The average Bonchev–Trinajstić information content (AvgIpc) is 3.10. The van der Waals surface area contributed by atoms with E-state index in [9.17, 15) is 14.4 Å². The molecule has 1 N–H and O–H groups in total. The molecule has 4 fully saturated rings. The zero-order valence-electron chi connectivity index (χ0n) is 19.7. The van der Waals surface area contributed by atoms with Gasteiger partial charge in [-0.1, -0.05) is 38.2 Å². The van der Waals surface area contributed by atoms with E-state index in [1.54, 1.807) is 4.90 Å². The van der Waals surface area contributed by atoms with Gasteiger partial charge >= 0.3 is 0 Å². The Morgan fingerprint density at radius 1 is 1.06 bits per heavy atom. The number of nitrogens with one attached hydrogen (secondary N) is 1. The molecule has 2 aliphatic heterocycles. The Hall–Kier alpha value is -2.33. The van der Waals surface area contributed by atoms with Crippen molar-refractivity contribution >= 4 is 29.5 Å². The molecule has 3 amide bonds. The zero-order valence-corrected chi connectivity index (χ0v) is 20.6. The zero-order chi connectivity index (χ0) is 23.8. The van der Waals surface area contributed by atoms with Gasteiger partial charge in [0.2, 0.25) is 17.4 Å². The lowest BCUT2D eigenvalue weighted by atomic mass is 9.38. The quantitative estimate of drug-likeness (QED) is 0.207. The highest BCUT2D eigenvalue weighted by Gasteiger charge is 2.73. The van der Waals surface area contributed by atoms with E-state index in [0.717, 1.165) is 22.6 Å². The van der Waals surface area contributed by atoms with Gasteiger partial charge in [-0.2, -0.15) is 0 Å². The van der Waals surface area contributed by atoms with Gasteiger partial charge in [-0.05, 0) is 48.1 Å². The van der Waals surface area contributed by atoms with Crippen LogP contribution >= 0.6 is 11.8 Å². The molecular formula is C27H33N3O3S. The van der Waals surface area contributed by atoms with E-state index in [4.69, 9.17) is 6.57 Å². The molecule has 1 unspecified atom stereocenters. The fourth-order valence-corrected chi connectivity index (χ4v) is 7.60. The number of unbranched alkanes of at least 4 members (excludes halogenated alkanes) is 5. The summed E-state index contributed by atoms with van der Waals surface area (Å²) in [4.78, 5) is 43.2. The van der Waals surface area contributed by atoms with Crippen LogP contribution in [-0.4, -0.2) is 40.0 Å². The molecule has 3 aliphatic carbocycles. The van der Waals surface area contributed by atoms with Crippen molar-refractivity contribution < 1.29 is 14.4 Å². The Morgan fingerprint density at radius 3 is 2.53 bits per heavy atom. The lowest BCUT2D eigenvalue weighted by molar-refractivity contribution is -0.136. The highest BCUT2D eigenvalue weighted by molar-refractivity contribution is 7.99. The lowest BCUT2D eigenvalue weighted by Crippen LogP contribution is -2.64. The van der Waals surface area contributed by atoms with Gasteiger partial charge in [0, 0.05) is 42.7 Å². The minimum Gasteiger partial charge on any atom is -0.322 e. The van der Waals surface area contributed by atoms with Gasteiger partial charge in [-0.15, -0.1) is 11.8 Å². The Kier molecular flexibility index (Phi) is 6.45. The number of rotatable bonds is 11. The van der Waals surface area contributed by atoms with Crippen LogP contribution in [0, 0.1) is 12.0 Å². The van der Waals surface area contributed by atoms with Crippen molar-refractivity contribution in [1.29, 1.82) is 0 Å². The molecule has 7 heteroatoms. The number of fused-ring (bicyclic) bond motifs is 1. The van der Waals surface area contributed by atoms with E-state index >= 15 is 0 Å². The Bertz CT molecular complexity index is 1030. The Balaban J connectivity index is 1.00. The summed E-state index contributed by atoms with van der Waals surface area (Å²) in [5.41, 5.74) is 2.36. The van der Waals surface area contributed by atoms with E-state index in [0.29, 0.717) is 23.9 Å². The first-order valence-corrected chi connectivity index (χ1v) is 13.7. The summed E-state index contributed by atoms with van der Waals surface area (Å²) in [6, 6.07) is 5.30. The van der Waals surface area contributed by atoms with Gasteiger partial charge in [-0.25, -0.2) is 6.57 Å². The van der Waals surface area contributed by atoms with Crippen molar-refractivity contribution in [3.05, 3.63) is 40.7 Å². The minimum atomic E-state index is -0.557. The monoisotopic (exact) mass is 479 g/mol. The molecule has 1 saturated heterocycles. The van der Waals surface area contributed by atoms with Crippen molar-refractivity contribution in [3.8, 4) is 0 Å². The van der Waals surface area contributed by atoms with Gasteiger partial charge in [0.05, 0.1) is 0 Å². The largest absolute Gasteiger partial charge is 0.322 e. The van der Waals surface area contributed by atoms with E-state index in [1.165, 1.54) is 57.8 Å². The van der Waals surface area contributed by atoms with Crippen LogP contribution < -0.4 is 5.32 Å². The number of amides is 3. The molecular weight excluding hydrogens is 446 g/mol. The summed E-state index contributed by atoms with van der Waals surface area (Å²) < 4.78 is 0. The fraction of sp³-hybridized carbons (Fsp3) is 0.630. The number of thioether (sulfide) groups is 1. The molecule has 0 spiro atoms. The van der Waals surface area contributed by atoms with E-state index in [1.807, 2.05) is 23.9 Å². The third-order valence-electron chi connectivity index (χ3n) is 8.25. The molecule has 34 heavy (non-hydrogen) atoms. The van der Waals surface area contributed by atoms with Gasteiger partial charge in [-0.3, -0.25) is 19.7 Å². The molecule has 180 valence electrons. The summed E-state index contributed by atoms with van der Waals surface area (Å²) >= 11 is 1.81. The molecule has 1 atom stereocenters. The topological polar surface area (TPSA) is 70.8 Å². The van der Waals surface area contributed by atoms with Gasteiger partial charge in [0.25, 0.3) is 5.91 Å². The van der Waals surface area contributed by atoms with Gasteiger partial charge in [0.1, 0.15) is 6.04 Å². The predicted molar refractivity (Wildman–Crippen MR) is 131 cm³/mol. The van der Waals surface area contributed by atoms with Crippen molar-refractivity contribution in [2.45, 2.75) is 100 Å². The number of nitrogens with zero attached hydrogens (tertiary/aromatic N) is 2. The first-order chi connectivity index (χ1) is 16.4. The normalized spacial score (nSPS) is 29.2. The SMILES string of the molecule is [C-]#[N+]C12CC(CCCCCCCCSc3cccc4c3CN(C3CCC(=O)NC3=O)C4=O)(C1)C2. The average molecular weight is 480 g/mol. The van der Waals surface area contributed by atoms with Crippen LogP contribution in [0.2, 0.25) is 0 Å². The van der Waals surface area contributed by atoms with Crippen molar-refractivity contribution in [1.82, 2.24) is 10.2 Å². The summed E-state index contributed by atoms with van der Waals surface area (Å²) in [5, 5.41) is 2.37. The molecule has 1 aromatic carbocycles. The lowest BCUT2D eigenvalue weighted by Gasteiger charge is -2.62. The summed E-state index contributed by atoms with van der Waals surface area (Å²) in [6.45, 7) is 7.70. The number of benzene rings is 1. The molecule has 0 aromatic heterocycles. The summed E-state index contributed by atoms with van der Waals surface area (Å²) in [6.07, 6.45) is 13.1. The van der Waals surface area contributed by atoms with Crippen LogP contribution in [0.3, 0.4) is 0 Å². The maximum Gasteiger partial charge on any atom is 0.255 e. The van der Waals surface area contributed by atoms with Crippen LogP contribution in [0.4, 0.5) is 0 Å². The number of carbonyl (C=O) groups excluding carboxylic acids is 3. The minimum absolute atomic E-state index is 0.0764. The first-order valence-electron chi connectivity index (χ1n) is 12.7. The van der Waals surface area contributed by atoms with Gasteiger partial charge < -0.3 is 9.74 Å². The molecule has 1 aromatic rings. The van der Waals surface area contributed by atoms with E-state index in [-0.39, 0.29) is 29.7 Å². The fourth-order valence-electron chi connectivity index (χ4n) is 6.51. The van der Waals surface area contributed by atoms with E-state index < -0.39 is 6.04 Å². The number of carbonyl (C=O) groups is 3. The number of imide groups is 1. The van der Waals surface area contributed by atoms with Crippen LogP contribution in [0.1, 0.15) is 93.0 Å². The van der Waals surface area contributed by atoms with E-state index in [2.05, 4.69) is 16.2 Å².